The first-order valence-electron chi connectivity index (χ1n) is 9.90. The Morgan fingerprint density at radius 1 is 1.16 bits per heavy atom. The molecule has 6 nitrogen and oxygen atoms in total. The summed E-state index contributed by atoms with van der Waals surface area (Å²) in [7, 11) is -2.23. The van der Waals surface area contributed by atoms with Crippen molar-refractivity contribution < 1.29 is 22.3 Å². The van der Waals surface area contributed by atoms with Crippen LogP contribution in [-0.4, -0.2) is 27.5 Å². The molecule has 0 aliphatic heterocycles. The molecule has 3 aromatic rings. The van der Waals surface area contributed by atoms with Gasteiger partial charge in [0.25, 0.3) is 0 Å². The van der Waals surface area contributed by atoms with Gasteiger partial charge >= 0.3 is 0 Å². The molecule has 2 aromatic carbocycles. The number of rotatable bonds is 8. The first-order valence-corrected chi connectivity index (χ1v) is 12.2. The highest BCUT2D eigenvalue weighted by Gasteiger charge is 2.28. The maximum absolute atomic E-state index is 14.0. The Balaban J connectivity index is 1.48. The van der Waals surface area contributed by atoms with E-state index in [4.69, 9.17) is 4.74 Å². The summed E-state index contributed by atoms with van der Waals surface area (Å²) in [6.45, 7) is 0. The standard InChI is InChI=1S/C23H21FN2O4S2/c1-30-21-11-10-17(32(28,29)26-15-6-7-15)14-20(21)25-23(27)13-9-16-8-12-22(31-16)18-4-2-3-5-19(18)24/h2-5,8-15,26H,6-7H2,1H3,(H,25,27)/b13-9+. The molecule has 1 saturated carbocycles. The van der Waals surface area contributed by atoms with Crippen molar-refractivity contribution in [2.45, 2.75) is 23.8 Å². The van der Waals surface area contributed by atoms with E-state index in [0.29, 0.717) is 11.3 Å². The number of thiophene rings is 1. The molecule has 0 radical (unpaired) electrons. The maximum Gasteiger partial charge on any atom is 0.248 e. The van der Waals surface area contributed by atoms with Gasteiger partial charge in [-0.15, -0.1) is 11.3 Å². The highest BCUT2D eigenvalue weighted by Crippen LogP contribution is 2.31. The van der Waals surface area contributed by atoms with Gasteiger partial charge in [0.05, 0.1) is 17.7 Å². The molecular weight excluding hydrogens is 451 g/mol. The summed E-state index contributed by atoms with van der Waals surface area (Å²) in [6, 6.07) is 14.4. The van der Waals surface area contributed by atoms with Gasteiger partial charge in [-0.25, -0.2) is 17.5 Å². The van der Waals surface area contributed by atoms with Crippen LogP contribution in [0, 0.1) is 5.82 Å². The lowest BCUT2D eigenvalue weighted by Crippen LogP contribution is -2.25. The lowest BCUT2D eigenvalue weighted by atomic mass is 10.2. The number of sulfonamides is 1. The van der Waals surface area contributed by atoms with Gasteiger partial charge < -0.3 is 10.1 Å². The number of anilines is 1. The number of carbonyl (C=O) groups excluding carboxylic acids is 1. The molecule has 0 unspecified atom stereocenters. The summed E-state index contributed by atoms with van der Waals surface area (Å²) < 4.78 is 46.8. The molecule has 1 heterocycles. The van der Waals surface area contributed by atoms with E-state index in [1.807, 2.05) is 0 Å². The number of amides is 1. The van der Waals surface area contributed by atoms with Gasteiger partial charge in [0, 0.05) is 27.4 Å². The van der Waals surface area contributed by atoms with Gasteiger partial charge in [-0.1, -0.05) is 18.2 Å². The Morgan fingerprint density at radius 2 is 1.94 bits per heavy atom. The number of nitrogens with one attached hydrogen (secondary N) is 2. The third-order valence-corrected chi connectivity index (χ3v) is 7.41. The Hall–Kier alpha value is -3.01. The van der Waals surface area contributed by atoms with E-state index in [-0.39, 0.29) is 22.4 Å². The number of methoxy groups -OCH3 is 1. The van der Waals surface area contributed by atoms with Crippen LogP contribution >= 0.6 is 11.3 Å². The van der Waals surface area contributed by atoms with Gasteiger partial charge in [-0.05, 0) is 55.3 Å². The number of hydrogen-bond donors (Lipinski definition) is 2. The van der Waals surface area contributed by atoms with Gasteiger partial charge in [-0.3, -0.25) is 4.79 Å². The summed E-state index contributed by atoms with van der Waals surface area (Å²) in [5, 5.41) is 2.66. The SMILES string of the molecule is COc1ccc(S(=O)(=O)NC2CC2)cc1NC(=O)/C=C/c1ccc(-c2ccccc2F)s1. The molecule has 1 aliphatic rings. The summed E-state index contributed by atoms with van der Waals surface area (Å²) in [5.74, 6) is -0.412. The van der Waals surface area contributed by atoms with E-state index in [0.717, 1.165) is 22.6 Å². The van der Waals surface area contributed by atoms with Crippen molar-refractivity contribution in [3.8, 4) is 16.2 Å². The zero-order valence-electron chi connectivity index (χ0n) is 17.2. The molecule has 1 amide bonds. The first-order chi connectivity index (χ1) is 15.4. The van der Waals surface area contributed by atoms with Gasteiger partial charge in [0.1, 0.15) is 11.6 Å². The Labute approximate surface area is 189 Å². The number of carbonyl (C=O) groups is 1. The van der Waals surface area contributed by atoms with Gasteiger partial charge in [-0.2, -0.15) is 0 Å². The van der Waals surface area contributed by atoms with E-state index >= 15 is 0 Å². The predicted octanol–water partition coefficient (Wildman–Crippen LogP) is 4.66. The van der Waals surface area contributed by atoms with Crippen LogP contribution in [-0.2, 0) is 14.8 Å². The van der Waals surface area contributed by atoms with Crippen molar-refractivity contribution in [2.24, 2.45) is 0 Å². The quantitative estimate of drug-likeness (QED) is 0.467. The molecule has 9 heteroatoms. The molecule has 0 saturated heterocycles. The monoisotopic (exact) mass is 472 g/mol. The van der Waals surface area contributed by atoms with Crippen LogP contribution in [0.2, 0.25) is 0 Å². The average Bonchev–Trinajstić information content (AvgIpc) is 3.45. The molecule has 1 aliphatic carbocycles. The molecule has 0 spiro atoms. The number of hydrogen-bond acceptors (Lipinski definition) is 5. The van der Waals surface area contributed by atoms with Crippen LogP contribution in [0.5, 0.6) is 5.75 Å². The highest BCUT2D eigenvalue weighted by molar-refractivity contribution is 7.89. The second-order valence-electron chi connectivity index (χ2n) is 7.26. The molecule has 32 heavy (non-hydrogen) atoms. The lowest BCUT2D eigenvalue weighted by Gasteiger charge is -2.12. The molecule has 1 aromatic heterocycles. The van der Waals surface area contributed by atoms with E-state index in [2.05, 4.69) is 10.0 Å². The lowest BCUT2D eigenvalue weighted by molar-refractivity contribution is -0.111. The Kier molecular flexibility index (Phi) is 6.40. The van der Waals surface area contributed by atoms with Crippen molar-refractivity contribution in [3.63, 3.8) is 0 Å². The predicted molar refractivity (Wildman–Crippen MR) is 124 cm³/mol. The van der Waals surface area contributed by atoms with Crippen molar-refractivity contribution in [3.05, 3.63) is 71.4 Å². The maximum atomic E-state index is 14.0. The zero-order valence-corrected chi connectivity index (χ0v) is 18.8. The molecule has 0 bridgehead atoms. The van der Waals surface area contributed by atoms with Crippen LogP contribution in [0.1, 0.15) is 17.7 Å². The van der Waals surface area contributed by atoms with E-state index < -0.39 is 15.9 Å². The molecular formula is C23H21FN2O4S2. The normalized spacial score (nSPS) is 13.9. The fourth-order valence-electron chi connectivity index (χ4n) is 3.02. The fourth-order valence-corrected chi connectivity index (χ4v) is 5.29. The number of benzene rings is 2. The van der Waals surface area contributed by atoms with Crippen LogP contribution in [0.25, 0.3) is 16.5 Å². The van der Waals surface area contributed by atoms with Gasteiger partial charge in [0.2, 0.25) is 15.9 Å². The third-order valence-electron chi connectivity index (χ3n) is 4.80. The third kappa shape index (κ3) is 5.24. The summed E-state index contributed by atoms with van der Waals surface area (Å²) in [4.78, 5) is 14.0. The van der Waals surface area contributed by atoms with Crippen LogP contribution < -0.4 is 14.8 Å². The minimum Gasteiger partial charge on any atom is -0.495 e. The number of ether oxygens (including phenoxy) is 1. The molecule has 2 N–H and O–H groups in total. The highest BCUT2D eigenvalue weighted by atomic mass is 32.2. The Bertz CT molecular complexity index is 1280. The van der Waals surface area contributed by atoms with Crippen LogP contribution in [0.15, 0.2) is 65.6 Å². The summed E-state index contributed by atoms with van der Waals surface area (Å²) in [5.41, 5.74) is 0.753. The largest absolute Gasteiger partial charge is 0.495 e. The first kappa shape index (κ1) is 22.2. The van der Waals surface area contributed by atoms with Crippen molar-refractivity contribution in [2.75, 3.05) is 12.4 Å². The summed E-state index contributed by atoms with van der Waals surface area (Å²) >= 11 is 1.35. The second-order valence-corrected chi connectivity index (χ2v) is 10.1. The van der Waals surface area contributed by atoms with E-state index in [9.17, 15) is 17.6 Å². The van der Waals surface area contributed by atoms with Gasteiger partial charge in [0.15, 0.2) is 0 Å². The van der Waals surface area contributed by atoms with E-state index in [1.54, 1.807) is 36.4 Å². The topological polar surface area (TPSA) is 84.5 Å². The molecule has 166 valence electrons. The van der Waals surface area contributed by atoms with Crippen LogP contribution in [0.3, 0.4) is 0 Å². The van der Waals surface area contributed by atoms with Crippen molar-refractivity contribution in [1.29, 1.82) is 0 Å². The van der Waals surface area contributed by atoms with Crippen LogP contribution in [0.4, 0.5) is 10.1 Å². The van der Waals surface area contributed by atoms with E-state index in [1.165, 1.54) is 48.8 Å². The molecule has 4 rings (SSSR count). The summed E-state index contributed by atoms with van der Waals surface area (Å²) in [6.07, 6.45) is 4.60. The van der Waals surface area contributed by atoms with Crippen molar-refractivity contribution >= 4 is 39.0 Å². The minimum absolute atomic E-state index is 0.0249. The average molecular weight is 473 g/mol. The Morgan fingerprint density at radius 3 is 2.66 bits per heavy atom. The fraction of sp³-hybridized carbons (Fsp3) is 0.174. The van der Waals surface area contributed by atoms with Crippen molar-refractivity contribution in [1.82, 2.24) is 4.72 Å². The molecule has 1 fully saturated rings. The number of halogens is 1. The molecule has 0 atom stereocenters. The zero-order chi connectivity index (χ0) is 22.7. The second kappa shape index (κ2) is 9.23. The smallest absolute Gasteiger partial charge is 0.248 e. The minimum atomic E-state index is -3.67.